The van der Waals surface area contributed by atoms with Gasteiger partial charge in [-0.2, -0.15) is 0 Å². The lowest BCUT2D eigenvalue weighted by Crippen LogP contribution is -2.42. The molecule has 0 unspecified atom stereocenters. The normalized spacial score (nSPS) is 18.1. The minimum atomic E-state index is -3.22. The maximum Gasteiger partial charge on any atom is 0.258 e. The van der Waals surface area contributed by atoms with Gasteiger partial charge in [-0.25, -0.2) is 12.7 Å². The Morgan fingerprint density at radius 2 is 1.84 bits per heavy atom. The first-order chi connectivity index (χ1) is 15.3. The van der Waals surface area contributed by atoms with Crippen molar-refractivity contribution in [3.8, 4) is 5.75 Å². The van der Waals surface area contributed by atoms with E-state index in [0.717, 1.165) is 24.5 Å². The van der Waals surface area contributed by atoms with Gasteiger partial charge in [0.1, 0.15) is 11.6 Å². The molecule has 2 aromatic rings. The second kappa shape index (κ2) is 9.19. The van der Waals surface area contributed by atoms with Gasteiger partial charge in [0.15, 0.2) is 5.82 Å². The number of hydrogen-bond acceptors (Lipinski definition) is 6. The van der Waals surface area contributed by atoms with E-state index in [-0.39, 0.29) is 11.8 Å². The van der Waals surface area contributed by atoms with Crippen molar-refractivity contribution in [2.45, 2.75) is 57.9 Å². The third kappa shape index (κ3) is 4.25. The number of carbonyl (C=O) groups excluding carboxylic acids is 1. The summed E-state index contributed by atoms with van der Waals surface area (Å²) in [6.45, 7) is 8.44. The molecule has 10 heteroatoms. The van der Waals surface area contributed by atoms with Crippen molar-refractivity contribution in [3.05, 3.63) is 41.5 Å². The number of para-hydroxylation sites is 1. The highest BCUT2D eigenvalue weighted by molar-refractivity contribution is 7.89. The Hall–Kier alpha value is -2.46. The van der Waals surface area contributed by atoms with Gasteiger partial charge in [-0.15, -0.1) is 10.2 Å². The van der Waals surface area contributed by atoms with Gasteiger partial charge in [0.2, 0.25) is 10.0 Å². The van der Waals surface area contributed by atoms with E-state index in [0.29, 0.717) is 50.6 Å². The second-order valence-corrected chi connectivity index (χ2v) is 11.0. The summed E-state index contributed by atoms with van der Waals surface area (Å²) in [6.07, 6.45) is 1.46. The van der Waals surface area contributed by atoms with Gasteiger partial charge < -0.3 is 14.2 Å². The van der Waals surface area contributed by atoms with Crippen LogP contribution >= 0.6 is 0 Å². The smallest absolute Gasteiger partial charge is 0.258 e. The van der Waals surface area contributed by atoms with Gasteiger partial charge in [-0.3, -0.25) is 4.79 Å². The summed E-state index contributed by atoms with van der Waals surface area (Å²) in [5, 5.41) is 8.40. The number of hydrogen-bond donors (Lipinski definition) is 0. The first-order valence-electron chi connectivity index (χ1n) is 11.2. The third-order valence-electron chi connectivity index (χ3n) is 6.26. The first-order valence-corrected chi connectivity index (χ1v) is 12.7. The number of benzene rings is 1. The Morgan fingerprint density at radius 1 is 1.12 bits per heavy atom. The molecule has 0 N–H and O–H groups in total. The SMILES string of the molecule is CCOc1ccccc1C(=O)N1CCn2c(nnc2C2CCN(S(=O)(=O)C(C)C)CC2)C1. The minimum absolute atomic E-state index is 0.0722. The molecule has 0 atom stereocenters. The minimum Gasteiger partial charge on any atom is -0.493 e. The van der Waals surface area contributed by atoms with Crippen LogP contribution in [0.25, 0.3) is 0 Å². The van der Waals surface area contributed by atoms with E-state index >= 15 is 0 Å². The van der Waals surface area contributed by atoms with Crippen molar-refractivity contribution in [2.75, 3.05) is 26.2 Å². The number of piperidine rings is 1. The molecule has 1 amide bonds. The van der Waals surface area contributed by atoms with E-state index in [9.17, 15) is 13.2 Å². The van der Waals surface area contributed by atoms with Crippen molar-refractivity contribution in [3.63, 3.8) is 0 Å². The fourth-order valence-corrected chi connectivity index (χ4v) is 5.73. The maximum absolute atomic E-state index is 13.1. The van der Waals surface area contributed by atoms with E-state index in [4.69, 9.17) is 4.74 Å². The summed E-state index contributed by atoms with van der Waals surface area (Å²) in [6, 6.07) is 7.30. The van der Waals surface area contributed by atoms with Crippen LogP contribution in [-0.4, -0.2) is 69.8 Å². The zero-order valence-electron chi connectivity index (χ0n) is 18.9. The number of ether oxygens (including phenoxy) is 1. The molecule has 2 aliphatic heterocycles. The zero-order chi connectivity index (χ0) is 22.9. The van der Waals surface area contributed by atoms with E-state index in [2.05, 4.69) is 14.8 Å². The monoisotopic (exact) mass is 461 g/mol. The van der Waals surface area contributed by atoms with Crippen LogP contribution in [0.1, 0.15) is 61.5 Å². The van der Waals surface area contributed by atoms with Crippen LogP contribution in [0.4, 0.5) is 0 Å². The lowest BCUT2D eigenvalue weighted by molar-refractivity contribution is 0.0701. The molecule has 1 saturated heterocycles. The number of amides is 1. The van der Waals surface area contributed by atoms with Crippen LogP contribution in [-0.2, 0) is 23.1 Å². The van der Waals surface area contributed by atoms with E-state index in [1.165, 1.54) is 0 Å². The van der Waals surface area contributed by atoms with Crippen molar-refractivity contribution in [2.24, 2.45) is 0 Å². The van der Waals surface area contributed by atoms with Crippen LogP contribution < -0.4 is 4.74 Å². The van der Waals surface area contributed by atoms with E-state index < -0.39 is 15.3 Å². The van der Waals surface area contributed by atoms with Gasteiger partial charge in [0.25, 0.3) is 5.91 Å². The molecule has 1 fully saturated rings. The molecule has 2 aliphatic rings. The van der Waals surface area contributed by atoms with Crippen LogP contribution in [0.3, 0.4) is 0 Å². The summed E-state index contributed by atoms with van der Waals surface area (Å²) in [5.74, 6) is 2.37. The highest BCUT2D eigenvalue weighted by Gasteiger charge is 2.34. The Balaban J connectivity index is 1.45. The number of fused-ring (bicyclic) bond motifs is 1. The molecular weight excluding hydrogens is 430 g/mol. The lowest BCUT2D eigenvalue weighted by atomic mass is 9.97. The van der Waals surface area contributed by atoms with E-state index in [1.807, 2.05) is 25.1 Å². The molecule has 0 saturated carbocycles. The van der Waals surface area contributed by atoms with E-state index in [1.54, 1.807) is 29.1 Å². The highest BCUT2D eigenvalue weighted by Crippen LogP contribution is 2.31. The number of sulfonamides is 1. The Morgan fingerprint density at radius 3 is 2.53 bits per heavy atom. The predicted molar refractivity (Wildman–Crippen MR) is 120 cm³/mol. The molecule has 0 radical (unpaired) electrons. The van der Waals surface area contributed by atoms with Crippen LogP contribution in [0.5, 0.6) is 5.75 Å². The summed E-state index contributed by atoms with van der Waals surface area (Å²) in [7, 11) is -3.22. The Labute approximate surface area is 189 Å². The summed E-state index contributed by atoms with van der Waals surface area (Å²) in [4.78, 5) is 14.9. The van der Waals surface area contributed by atoms with Crippen molar-refractivity contribution >= 4 is 15.9 Å². The standard InChI is InChI=1S/C22H31N5O4S/c1-4-31-19-8-6-5-7-18(19)22(28)25-13-14-27-20(15-25)23-24-21(27)17-9-11-26(12-10-17)32(29,30)16(2)3/h5-8,16-17H,4,9-15H2,1-3H3. The van der Waals surface area contributed by atoms with Gasteiger partial charge in [-0.05, 0) is 45.7 Å². The summed E-state index contributed by atoms with van der Waals surface area (Å²) < 4.78 is 34.2. The third-order valence-corrected chi connectivity index (χ3v) is 8.54. The Bertz CT molecular complexity index is 1070. The molecule has 3 heterocycles. The lowest BCUT2D eigenvalue weighted by Gasteiger charge is -2.33. The van der Waals surface area contributed by atoms with Gasteiger partial charge in [0.05, 0.1) is 24.0 Å². The summed E-state index contributed by atoms with van der Waals surface area (Å²) >= 11 is 0. The van der Waals surface area contributed by atoms with Crippen molar-refractivity contribution in [1.29, 1.82) is 0 Å². The molecule has 0 spiro atoms. The summed E-state index contributed by atoms with van der Waals surface area (Å²) in [5.41, 5.74) is 0.557. The molecule has 174 valence electrons. The van der Waals surface area contributed by atoms with Crippen molar-refractivity contribution in [1.82, 2.24) is 24.0 Å². The van der Waals surface area contributed by atoms with Gasteiger partial charge in [0, 0.05) is 32.1 Å². The fourth-order valence-electron chi connectivity index (χ4n) is 4.42. The number of nitrogens with zero attached hydrogens (tertiary/aromatic N) is 5. The fraction of sp³-hybridized carbons (Fsp3) is 0.591. The quantitative estimate of drug-likeness (QED) is 0.655. The topological polar surface area (TPSA) is 97.6 Å². The van der Waals surface area contributed by atoms with Crippen LogP contribution in [0.2, 0.25) is 0 Å². The Kier molecular flexibility index (Phi) is 6.52. The molecule has 0 bridgehead atoms. The van der Waals surface area contributed by atoms with Crippen LogP contribution in [0, 0.1) is 0 Å². The van der Waals surface area contributed by atoms with Crippen molar-refractivity contribution < 1.29 is 17.9 Å². The molecule has 4 rings (SSSR count). The molecule has 9 nitrogen and oxygen atoms in total. The van der Waals surface area contributed by atoms with Gasteiger partial charge in [-0.1, -0.05) is 12.1 Å². The van der Waals surface area contributed by atoms with Crippen LogP contribution in [0.15, 0.2) is 24.3 Å². The number of rotatable bonds is 6. The average molecular weight is 462 g/mol. The maximum atomic E-state index is 13.1. The molecule has 32 heavy (non-hydrogen) atoms. The zero-order valence-corrected chi connectivity index (χ0v) is 19.7. The molecule has 1 aromatic carbocycles. The highest BCUT2D eigenvalue weighted by atomic mass is 32.2. The molecule has 0 aliphatic carbocycles. The van der Waals surface area contributed by atoms with Gasteiger partial charge >= 0.3 is 0 Å². The average Bonchev–Trinajstić information content (AvgIpc) is 3.22. The largest absolute Gasteiger partial charge is 0.493 e. The molecular formula is C22H31N5O4S. The molecule has 1 aromatic heterocycles. The number of carbonyl (C=O) groups is 1. The second-order valence-electron chi connectivity index (χ2n) is 8.55. The number of aromatic nitrogens is 3. The first kappa shape index (κ1) is 22.7. The predicted octanol–water partition coefficient (Wildman–Crippen LogP) is 2.25.